The molecule has 11 heteroatoms. The summed E-state index contributed by atoms with van der Waals surface area (Å²) in [5, 5.41) is 38.7. The number of benzene rings is 2. The Labute approximate surface area is 239 Å². The van der Waals surface area contributed by atoms with Crippen molar-refractivity contribution in [3.05, 3.63) is 76.2 Å². The Morgan fingerprint density at radius 3 is 2.58 bits per heavy atom. The lowest BCUT2D eigenvalue weighted by Crippen LogP contribution is -2.47. The molecule has 1 aliphatic heterocycles. The van der Waals surface area contributed by atoms with Gasteiger partial charge in [-0.05, 0) is 48.1 Å². The van der Waals surface area contributed by atoms with Crippen LogP contribution in [0.4, 0.5) is 11.4 Å². The third-order valence-electron chi connectivity index (χ3n) is 7.02. The quantitative estimate of drug-likeness (QED) is 0.309. The van der Waals surface area contributed by atoms with Gasteiger partial charge in [-0.25, -0.2) is 0 Å². The zero-order valence-electron chi connectivity index (χ0n) is 22.4. The van der Waals surface area contributed by atoms with Crippen molar-refractivity contribution in [2.75, 3.05) is 17.2 Å². The molecule has 2 aliphatic rings. The van der Waals surface area contributed by atoms with E-state index in [0.717, 1.165) is 12.8 Å². The topological polar surface area (TPSA) is 136 Å². The van der Waals surface area contributed by atoms with E-state index in [-0.39, 0.29) is 5.41 Å². The summed E-state index contributed by atoms with van der Waals surface area (Å²) in [6.07, 6.45) is 4.76. The molecule has 2 aromatic carbocycles. The molecule has 0 amide bonds. The molecule has 1 aromatic heterocycles. The molecule has 0 saturated heterocycles. The summed E-state index contributed by atoms with van der Waals surface area (Å²) in [7, 11) is 7.12. The fourth-order valence-corrected chi connectivity index (χ4v) is 4.86. The Balaban J connectivity index is 1.63. The normalized spacial score (nSPS) is 17.0. The number of pyridine rings is 1. The summed E-state index contributed by atoms with van der Waals surface area (Å²) >= 11 is 6.73. The number of aromatic nitrogens is 1. The van der Waals surface area contributed by atoms with E-state index in [1.807, 2.05) is 12.1 Å². The van der Waals surface area contributed by atoms with Gasteiger partial charge in [0.05, 0.1) is 50.6 Å². The van der Waals surface area contributed by atoms with Crippen LogP contribution in [-0.2, 0) is 5.44 Å². The highest BCUT2D eigenvalue weighted by Gasteiger charge is 2.50. The molecule has 2 heterocycles. The second-order valence-corrected chi connectivity index (χ2v) is 11.8. The van der Waals surface area contributed by atoms with Gasteiger partial charge in [-0.15, -0.1) is 5.53 Å². The van der Waals surface area contributed by atoms with Crippen molar-refractivity contribution in [1.29, 1.82) is 15.8 Å². The molecule has 198 valence electrons. The highest BCUT2D eigenvalue weighted by molar-refractivity contribution is 6.36. The Morgan fingerprint density at radius 1 is 1.15 bits per heavy atom. The number of nitrogens with zero attached hydrogens (tertiary/aromatic N) is 5. The summed E-state index contributed by atoms with van der Waals surface area (Å²) < 4.78 is 0. The van der Waals surface area contributed by atoms with E-state index < -0.39 is 11.0 Å². The van der Waals surface area contributed by atoms with Gasteiger partial charge in [-0.2, -0.15) is 15.8 Å². The van der Waals surface area contributed by atoms with E-state index in [1.54, 1.807) is 35.5 Å². The van der Waals surface area contributed by atoms with Gasteiger partial charge >= 0.3 is 0 Å². The number of hydrogen-bond acceptors (Lipinski definition) is 9. The first-order valence-electron chi connectivity index (χ1n) is 12.8. The lowest BCUT2D eigenvalue weighted by atomic mass is 9.69. The van der Waals surface area contributed by atoms with Crippen molar-refractivity contribution in [3.63, 3.8) is 0 Å². The van der Waals surface area contributed by atoms with Crippen LogP contribution in [0.1, 0.15) is 50.3 Å². The van der Waals surface area contributed by atoms with Crippen LogP contribution in [0, 0.1) is 39.4 Å². The Morgan fingerprint density at radius 2 is 1.93 bits per heavy atom. The Kier molecular flexibility index (Phi) is 6.76. The van der Waals surface area contributed by atoms with Gasteiger partial charge in [0.2, 0.25) is 0 Å². The molecule has 9 nitrogen and oxygen atoms in total. The zero-order chi connectivity index (χ0) is 28.7. The first kappa shape index (κ1) is 27.2. The number of halogens is 1. The van der Waals surface area contributed by atoms with Gasteiger partial charge in [0.1, 0.15) is 19.5 Å². The molecule has 3 aromatic rings. The van der Waals surface area contributed by atoms with Crippen LogP contribution in [0.15, 0.2) is 54.5 Å². The summed E-state index contributed by atoms with van der Waals surface area (Å²) in [5.74, 6) is 0. The second kappa shape index (κ2) is 9.95. The molecular weight excluding hydrogens is 521 g/mol. The number of anilines is 2. The SMILES string of the molecule is [B]C(Nc1cc(Cl)c2ncc(C#N)c(NCC(C)(C)C)c2c1)(C1=CN(C2(C#N)CC2)NN1)c1cccc(C#N)c1. The maximum atomic E-state index is 9.81. The second-order valence-electron chi connectivity index (χ2n) is 11.3. The van der Waals surface area contributed by atoms with Crippen molar-refractivity contribution in [3.8, 4) is 18.2 Å². The first-order chi connectivity index (χ1) is 19.0. The minimum Gasteiger partial charge on any atom is -0.383 e. The van der Waals surface area contributed by atoms with Crippen molar-refractivity contribution in [2.45, 2.75) is 44.6 Å². The zero-order valence-corrected chi connectivity index (χ0v) is 23.2. The monoisotopic (exact) mass is 547 g/mol. The smallest absolute Gasteiger partial charge is 0.143 e. The predicted molar refractivity (Wildman–Crippen MR) is 155 cm³/mol. The van der Waals surface area contributed by atoms with E-state index >= 15 is 0 Å². The van der Waals surface area contributed by atoms with Crippen LogP contribution >= 0.6 is 11.6 Å². The number of fused-ring (bicyclic) bond motifs is 1. The average molecular weight is 548 g/mol. The Hall–Kier alpha value is -4.43. The maximum absolute atomic E-state index is 9.81. The van der Waals surface area contributed by atoms with Gasteiger partial charge in [-0.1, -0.05) is 44.5 Å². The van der Waals surface area contributed by atoms with Crippen LogP contribution in [0.25, 0.3) is 10.9 Å². The predicted octanol–water partition coefficient (Wildman–Crippen LogP) is 4.75. The molecular formula is C29H27BClN9. The van der Waals surface area contributed by atoms with E-state index in [2.05, 4.69) is 65.6 Å². The molecule has 1 unspecified atom stereocenters. The third kappa shape index (κ3) is 4.98. The summed E-state index contributed by atoms with van der Waals surface area (Å²) in [6, 6.07) is 17.3. The number of nitrogens with one attached hydrogen (secondary N) is 4. The number of hydrogen-bond donors (Lipinski definition) is 4. The molecule has 1 aliphatic carbocycles. The van der Waals surface area contributed by atoms with E-state index in [4.69, 9.17) is 19.4 Å². The molecule has 0 bridgehead atoms. The van der Waals surface area contributed by atoms with Crippen molar-refractivity contribution in [1.82, 2.24) is 21.0 Å². The van der Waals surface area contributed by atoms with Crippen LogP contribution in [-0.4, -0.2) is 29.9 Å². The van der Waals surface area contributed by atoms with Crippen molar-refractivity contribution >= 4 is 41.7 Å². The van der Waals surface area contributed by atoms with Crippen LogP contribution in [0.5, 0.6) is 0 Å². The lowest BCUT2D eigenvalue weighted by molar-refractivity contribution is 0.216. The fraction of sp³-hybridized carbons (Fsp3) is 0.310. The summed E-state index contributed by atoms with van der Waals surface area (Å²) in [6.45, 7) is 6.93. The highest BCUT2D eigenvalue weighted by Crippen LogP contribution is 2.43. The minimum absolute atomic E-state index is 0.0397. The highest BCUT2D eigenvalue weighted by atomic mass is 35.5. The first-order valence-corrected chi connectivity index (χ1v) is 13.2. The van der Waals surface area contributed by atoms with Crippen molar-refractivity contribution in [2.24, 2.45) is 5.41 Å². The molecule has 1 fully saturated rings. The third-order valence-corrected chi connectivity index (χ3v) is 7.30. The number of nitriles is 3. The number of hydrazine groups is 2. The van der Waals surface area contributed by atoms with E-state index in [1.165, 1.54) is 6.20 Å². The molecule has 4 N–H and O–H groups in total. The fourth-order valence-electron chi connectivity index (χ4n) is 4.59. The molecule has 40 heavy (non-hydrogen) atoms. The van der Waals surface area contributed by atoms with Gasteiger partial charge in [0.15, 0.2) is 0 Å². The lowest BCUT2D eigenvalue weighted by Gasteiger charge is -2.34. The van der Waals surface area contributed by atoms with Gasteiger partial charge in [0, 0.05) is 30.0 Å². The summed E-state index contributed by atoms with van der Waals surface area (Å²) in [5.41, 5.74) is 7.88. The van der Waals surface area contributed by atoms with Crippen molar-refractivity contribution < 1.29 is 0 Å². The summed E-state index contributed by atoms with van der Waals surface area (Å²) in [4.78, 5) is 4.45. The van der Waals surface area contributed by atoms with E-state index in [0.29, 0.717) is 56.2 Å². The molecule has 2 radical (unpaired) electrons. The molecule has 1 saturated carbocycles. The maximum Gasteiger partial charge on any atom is 0.143 e. The standard InChI is InChI=1S/C29H27BClN9/c1-27(2,3)17-36-25-19(13-33)14-35-26-22(25)10-21(11-23(26)31)37-29(30,20-6-4-5-18(9-20)12-32)24-15-40(39-38-24)28(16-34)7-8-28/h4-6,9-11,14-15,37-39H,7-8,17H2,1-3H3,(H,35,36). The van der Waals surface area contributed by atoms with E-state index in [9.17, 15) is 15.8 Å². The molecule has 1 atom stereocenters. The van der Waals surface area contributed by atoms with Gasteiger partial charge < -0.3 is 16.1 Å². The van der Waals surface area contributed by atoms with Gasteiger partial charge in [-0.3, -0.25) is 9.99 Å². The largest absolute Gasteiger partial charge is 0.383 e. The van der Waals surface area contributed by atoms with Gasteiger partial charge in [0.25, 0.3) is 0 Å². The number of rotatable bonds is 7. The minimum atomic E-state index is -1.36. The molecule has 0 spiro atoms. The Bertz CT molecular complexity index is 1650. The molecule has 5 rings (SSSR count). The van der Waals surface area contributed by atoms with Crippen LogP contribution in [0.2, 0.25) is 5.02 Å². The van der Waals surface area contributed by atoms with Crippen LogP contribution in [0.3, 0.4) is 0 Å². The average Bonchev–Trinajstić information content (AvgIpc) is 3.57. The van der Waals surface area contributed by atoms with Crippen LogP contribution < -0.4 is 21.6 Å².